The van der Waals surface area contributed by atoms with Gasteiger partial charge in [-0.15, -0.1) is 11.3 Å². The molecule has 0 aromatic carbocycles. The molecule has 3 aromatic rings. The summed E-state index contributed by atoms with van der Waals surface area (Å²) < 4.78 is 0. The van der Waals surface area contributed by atoms with Crippen LogP contribution in [0.3, 0.4) is 0 Å². The summed E-state index contributed by atoms with van der Waals surface area (Å²) in [6.45, 7) is 7.04. The number of pyridine rings is 2. The molecule has 4 rings (SSSR count). The molecule has 0 spiro atoms. The average molecular weight is 407 g/mol. The second kappa shape index (κ2) is 8.82. The molecule has 3 heterocycles. The van der Waals surface area contributed by atoms with Crippen molar-refractivity contribution in [1.82, 2.24) is 15.0 Å². The SMILES string of the molecule is CCC(C)CON=C1CCCc2ccc(-c3sc(-c4cccnc4)nc3C)nc21. The van der Waals surface area contributed by atoms with Crippen molar-refractivity contribution in [1.29, 1.82) is 0 Å². The van der Waals surface area contributed by atoms with Crippen molar-refractivity contribution in [2.24, 2.45) is 11.1 Å². The van der Waals surface area contributed by atoms with E-state index in [0.717, 1.165) is 63.9 Å². The second-order valence-corrected chi connectivity index (χ2v) is 8.58. The van der Waals surface area contributed by atoms with E-state index in [9.17, 15) is 0 Å². The molecule has 1 aliphatic rings. The molecule has 0 aliphatic heterocycles. The number of nitrogens with zero attached hydrogens (tertiary/aromatic N) is 4. The number of aromatic nitrogens is 3. The molecule has 0 bridgehead atoms. The number of aryl methyl sites for hydroxylation is 2. The molecule has 0 N–H and O–H groups in total. The molecule has 0 saturated carbocycles. The van der Waals surface area contributed by atoms with Gasteiger partial charge >= 0.3 is 0 Å². The Morgan fingerprint density at radius 1 is 1.21 bits per heavy atom. The zero-order valence-electron chi connectivity index (χ0n) is 17.2. The minimum atomic E-state index is 0.507. The molecule has 6 heteroatoms. The Labute approximate surface area is 175 Å². The van der Waals surface area contributed by atoms with E-state index in [-0.39, 0.29) is 0 Å². The highest BCUT2D eigenvalue weighted by atomic mass is 32.1. The standard InChI is InChI=1S/C23H26N4OS/c1-4-15(2)14-28-27-19-9-5-7-17-10-11-20(26-21(17)19)22-16(3)25-23(29-22)18-8-6-12-24-13-18/h6,8,10-13,15H,4-5,7,9,14H2,1-3H3. The zero-order chi connectivity index (χ0) is 20.2. The predicted octanol–water partition coefficient (Wildman–Crippen LogP) is 5.68. The fourth-order valence-corrected chi connectivity index (χ4v) is 4.35. The summed E-state index contributed by atoms with van der Waals surface area (Å²) in [5, 5.41) is 5.42. The lowest BCUT2D eigenvalue weighted by atomic mass is 9.94. The lowest BCUT2D eigenvalue weighted by Gasteiger charge is -2.17. The van der Waals surface area contributed by atoms with Crippen molar-refractivity contribution in [2.45, 2.75) is 46.5 Å². The van der Waals surface area contributed by atoms with E-state index < -0.39 is 0 Å². The zero-order valence-corrected chi connectivity index (χ0v) is 18.0. The molecule has 0 amide bonds. The molecule has 150 valence electrons. The van der Waals surface area contributed by atoms with Crippen molar-refractivity contribution in [3.8, 4) is 21.1 Å². The van der Waals surface area contributed by atoms with Gasteiger partial charge < -0.3 is 4.84 Å². The van der Waals surface area contributed by atoms with Crippen molar-refractivity contribution < 1.29 is 4.84 Å². The van der Waals surface area contributed by atoms with E-state index in [4.69, 9.17) is 14.8 Å². The first-order chi connectivity index (χ1) is 14.2. The molecule has 3 aromatic heterocycles. The van der Waals surface area contributed by atoms with Crippen LogP contribution in [-0.2, 0) is 11.3 Å². The third kappa shape index (κ3) is 4.37. The topological polar surface area (TPSA) is 60.3 Å². The van der Waals surface area contributed by atoms with E-state index >= 15 is 0 Å². The van der Waals surface area contributed by atoms with Gasteiger partial charge in [0.1, 0.15) is 17.3 Å². The van der Waals surface area contributed by atoms with Crippen LogP contribution in [0.1, 0.15) is 50.1 Å². The number of thiazole rings is 1. The summed E-state index contributed by atoms with van der Waals surface area (Å²) in [5.74, 6) is 0.507. The Kier molecular flexibility index (Phi) is 6.00. The van der Waals surface area contributed by atoms with E-state index in [1.807, 2.05) is 25.3 Å². The van der Waals surface area contributed by atoms with Crippen LogP contribution in [0.5, 0.6) is 0 Å². The maximum atomic E-state index is 5.65. The predicted molar refractivity (Wildman–Crippen MR) is 118 cm³/mol. The highest BCUT2D eigenvalue weighted by Crippen LogP contribution is 2.35. The van der Waals surface area contributed by atoms with Crippen LogP contribution >= 0.6 is 11.3 Å². The quantitative estimate of drug-likeness (QED) is 0.494. The molecule has 0 radical (unpaired) electrons. The Morgan fingerprint density at radius 2 is 2.10 bits per heavy atom. The summed E-state index contributed by atoms with van der Waals surface area (Å²) in [6.07, 6.45) is 7.75. The molecule has 5 nitrogen and oxygen atoms in total. The number of hydrogen-bond acceptors (Lipinski definition) is 6. The maximum Gasteiger partial charge on any atom is 0.125 e. The van der Waals surface area contributed by atoms with Crippen LogP contribution in [0.4, 0.5) is 0 Å². The lowest BCUT2D eigenvalue weighted by Crippen LogP contribution is -2.15. The van der Waals surface area contributed by atoms with Gasteiger partial charge in [-0.05, 0) is 55.9 Å². The van der Waals surface area contributed by atoms with E-state index in [2.05, 4.69) is 36.1 Å². The van der Waals surface area contributed by atoms with Gasteiger partial charge in [-0.1, -0.05) is 31.5 Å². The minimum absolute atomic E-state index is 0.507. The van der Waals surface area contributed by atoms with Gasteiger partial charge in [0.2, 0.25) is 0 Å². The monoisotopic (exact) mass is 406 g/mol. The van der Waals surface area contributed by atoms with Crippen LogP contribution in [0.25, 0.3) is 21.1 Å². The molecule has 1 aliphatic carbocycles. The number of fused-ring (bicyclic) bond motifs is 1. The van der Waals surface area contributed by atoms with Gasteiger partial charge in [0.05, 0.1) is 22.0 Å². The Balaban J connectivity index is 1.65. The molecule has 0 saturated heterocycles. The summed E-state index contributed by atoms with van der Waals surface area (Å²) in [6, 6.07) is 8.26. The van der Waals surface area contributed by atoms with Crippen LogP contribution in [-0.4, -0.2) is 27.3 Å². The fraction of sp³-hybridized carbons (Fsp3) is 0.391. The minimum Gasteiger partial charge on any atom is -0.395 e. The van der Waals surface area contributed by atoms with Crippen molar-refractivity contribution in [3.05, 3.63) is 53.6 Å². The van der Waals surface area contributed by atoms with Crippen molar-refractivity contribution in [3.63, 3.8) is 0 Å². The molecule has 29 heavy (non-hydrogen) atoms. The van der Waals surface area contributed by atoms with Gasteiger partial charge in [0.15, 0.2) is 0 Å². The highest BCUT2D eigenvalue weighted by molar-refractivity contribution is 7.18. The summed E-state index contributed by atoms with van der Waals surface area (Å²) in [7, 11) is 0. The first kappa shape index (κ1) is 19.7. The third-order valence-corrected chi connectivity index (χ3v) is 6.51. The molecular formula is C23H26N4OS. The first-order valence-corrected chi connectivity index (χ1v) is 11.0. The summed E-state index contributed by atoms with van der Waals surface area (Å²) in [4.78, 5) is 20.7. The molecule has 0 fully saturated rings. The number of oxime groups is 1. The van der Waals surface area contributed by atoms with E-state index in [1.165, 1.54) is 5.56 Å². The van der Waals surface area contributed by atoms with Gasteiger partial charge in [-0.2, -0.15) is 0 Å². The second-order valence-electron chi connectivity index (χ2n) is 7.58. The molecule has 1 atom stereocenters. The normalized spacial score (nSPS) is 15.9. The largest absolute Gasteiger partial charge is 0.395 e. The average Bonchev–Trinajstić information content (AvgIpc) is 3.15. The van der Waals surface area contributed by atoms with Gasteiger partial charge in [0.25, 0.3) is 0 Å². The Hall–Kier alpha value is -2.60. The van der Waals surface area contributed by atoms with E-state index in [1.54, 1.807) is 17.5 Å². The van der Waals surface area contributed by atoms with Crippen LogP contribution in [0, 0.1) is 12.8 Å². The van der Waals surface area contributed by atoms with Crippen molar-refractivity contribution >= 4 is 17.0 Å². The number of hydrogen-bond donors (Lipinski definition) is 0. The first-order valence-electron chi connectivity index (χ1n) is 10.2. The number of rotatable bonds is 6. The van der Waals surface area contributed by atoms with Crippen LogP contribution < -0.4 is 0 Å². The van der Waals surface area contributed by atoms with Gasteiger partial charge in [-0.25, -0.2) is 9.97 Å². The highest BCUT2D eigenvalue weighted by Gasteiger charge is 2.21. The Morgan fingerprint density at radius 3 is 2.90 bits per heavy atom. The van der Waals surface area contributed by atoms with Crippen LogP contribution in [0.2, 0.25) is 0 Å². The molecular weight excluding hydrogens is 380 g/mol. The summed E-state index contributed by atoms with van der Waals surface area (Å²) in [5.41, 5.74) is 6.17. The van der Waals surface area contributed by atoms with Gasteiger partial charge in [-0.3, -0.25) is 4.98 Å². The van der Waals surface area contributed by atoms with Crippen molar-refractivity contribution in [2.75, 3.05) is 6.61 Å². The van der Waals surface area contributed by atoms with Crippen LogP contribution in [0.15, 0.2) is 41.8 Å². The molecule has 1 unspecified atom stereocenters. The smallest absolute Gasteiger partial charge is 0.125 e. The maximum absolute atomic E-state index is 5.65. The fourth-order valence-electron chi connectivity index (χ4n) is 3.33. The lowest BCUT2D eigenvalue weighted by molar-refractivity contribution is 0.111. The van der Waals surface area contributed by atoms with E-state index in [0.29, 0.717) is 12.5 Å². The summed E-state index contributed by atoms with van der Waals surface area (Å²) >= 11 is 1.66. The van der Waals surface area contributed by atoms with Gasteiger partial charge in [0, 0.05) is 18.0 Å². The Bertz CT molecular complexity index is 1010. The third-order valence-electron chi connectivity index (χ3n) is 5.28.